The normalized spacial score (nSPS) is 9.56. The molecule has 0 saturated heterocycles. The Balaban J connectivity index is 2.37. The van der Waals surface area contributed by atoms with Crippen molar-refractivity contribution >= 4 is 23.4 Å². The van der Waals surface area contributed by atoms with Crippen molar-refractivity contribution in [3.63, 3.8) is 0 Å². The second-order valence-corrected chi connectivity index (χ2v) is 3.37. The van der Waals surface area contributed by atoms with Crippen molar-refractivity contribution < 1.29 is 14.3 Å². The van der Waals surface area contributed by atoms with Crippen LogP contribution in [0.25, 0.3) is 0 Å². The van der Waals surface area contributed by atoms with Gasteiger partial charge < -0.3 is 15.8 Å². The van der Waals surface area contributed by atoms with Crippen LogP contribution in [0.2, 0.25) is 5.02 Å². The Labute approximate surface area is 97.5 Å². The summed E-state index contributed by atoms with van der Waals surface area (Å²) in [6, 6.07) is 6.78. The number of amides is 2. The number of halogens is 1. The predicted octanol–water partition coefficient (Wildman–Crippen LogP) is 0.320. The van der Waals surface area contributed by atoms with Crippen LogP contribution >= 0.6 is 11.6 Å². The number of hydrogen-bond acceptors (Lipinski definition) is 3. The van der Waals surface area contributed by atoms with Gasteiger partial charge in [0.25, 0.3) is 5.91 Å². The Kier molecular flexibility index (Phi) is 4.60. The zero-order valence-electron chi connectivity index (χ0n) is 8.40. The second-order valence-electron chi connectivity index (χ2n) is 2.96. The van der Waals surface area contributed by atoms with Crippen molar-refractivity contribution in [1.82, 2.24) is 5.32 Å². The lowest BCUT2D eigenvalue weighted by Gasteiger charge is -2.07. The van der Waals surface area contributed by atoms with Crippen molar-refractivity contribution in [3.05, 3.63) is 29.3 Å². The van der Waals surface area contributed by atoms with E-state index >= 15 is 0 Å². The van der Waals surface area contributed by atoms with Gasteiger partial charge >= 0.3 is 0 Å². The Morgan fingerprint density at radius 3 is 2.69 bits per heavy atom. The fraction of sp³-hybridized carbons (Fsp3) is 0.200. The van der Waals surface area contributed by atoms with Crippen LogP contribution in [-0.4, -0.2) is 25.0 Å². The Hall–Kier alpha value is -1.75. The zero-order valence-corrected chi connectivity index (χ0v) is 9.16. The van der Waals surface area contributed by atoms with Crippen molar-refractivity contribution in [2.75, 3.05) is 13.2 Å². The maximum Gasteiger partial charge on any atom is 0.258 e. The lowest BCUT2D eigenvalue weighted by atomic mass is 10.3. The average Bonchev–Trinajstić information content (AvgIpc) is 2.25. The minimum absolute atomic E-state index is 0.204. The van der Waals surface area contributed by atoms with Gasteiger partial charge in [-0.1, -0.05) is 23.7 Å². The van der Waals surface area contributed by atoms with E-state index < -0.39 is 11.8 Å². The summed E-state index contributed by atoms with van der Waals surface area (Å²) >= 11 is 5.80. The van der Waals surface area contributed by atoms with Crippen molar-refractivity contribution in [3.8, 4) is 5.75 Å². The van der Waals surface area contributed by atoms with E-state index in [1.807, 2.05) is 0 Å². The highest BCUT2D eigenvalue weighted by Crippen LogP contribution is 2.22. The lowest BCUT2D eigenvalue weighted by molar-refractivity contribution is -0.126. The van der Waals surface area contributed by atoms with Gasteiger partial charge in [0.05, 0.1) is 11.6 Å². The number of carbonyl (C=O) groups is 2. The van der Waals surface area contributed by atoms with Gasteiger partial charge in [0, 0.05) is 0 Å². The molecule has 1 aromatic rings. The topological polar surface area (TPSA) is 81.4 Å². The lowest BCUT2D eigenvalue weighted by Crippen LogP contribution is -2.36. The van der Waals surface area contributed by atoms with Gasteiger partial charge in [-0.05, 0) is 12.1 Å². The number of ether oxygens (including phenoxy) is 1. The van der Waals surface area contributed by atoms with E-state index in [-0.39, 0.29) is 13.2 Å². The number of hydrogen-bond donors (Lipinski definition) is 2. The maximum atomic E-state index is 11.1. The number of nitrogens with one attached hydrogen (secondary N) is 1. The number of carbonyl (C=O) groups excluding carboxylic acids is 2. The first-order valence-corrected chi connectivity index (χ1v) is 4.89. The monoisotopic (exact) mass is 242 g/mol. The first-order valence-electron chi connectivity index (χ1n) is 4.52. The van der Waals surface area contributed by atoms with E-state index in [9.17, 15) is 9.59 Å². The van der Waals surface area contributed by atoms with E-state index in [4.69, 9.17) is 22.1 Å². The van der Waals surface area contributed by atoms with Gasteiger partial charge in [-0.3, -0.25) is 9.59 Å². The SMILES string of the molecule is NC(=O)CNC(=O)COc1ccccc1Cl. The van der Waals surface area contributed by atoms with Crippen LogP contribution in [0.1, 0.15) is 0 Å². The fourth-order valence-electron chi connectivity index (χ4n) is 0.942. The summed E-state index contributed by atoms with van der Waals surface area (Å²) in [4.78, 5) is 21.5. The molecular formula is C10H11ClN2O3. The van der Waals surface area contributed by atoms with Gasteiger partial charge in [0.1, 0.15) is 5.75 Å². The second kappa shape index (κ2) is 5.97. The number of para-hydroxylation sites is 1. The highest BCUT2D eigenvalue weighted by atomic mass is 35.5. The molecule has 1 aromatic carbocycles. The van der Waals surface area contributed by atoms with Crippen LogP contribution in [0.3, 0.4) is 0 Å². The molecular weight excluding hydrogens is 232 g/mol. The van der Waals surface area contributed by atoms with Gasteiger partial charge in [-0.2, -0.15) is 0 Å². The molecule has 6 heteroatoms. The molecule has 0 spiro atoms. The summed E-state index contributed by atoms with van der Waals surface area (Å²) in [7, 11) is 0. The van der Waals surface area contributed by atoms with E-state index in [1.54, 1.807) is 24.3 Å². The third kappa shape index (κ3) is 4.18. The zero-order chi connectivity index (χ0) is 12.0. The third-order valence-corrected chi connectivity index (χ3v) is 1.97. The van der Waals surface area contributed by atoms with Crippen LogP contribution < -0.4 is 15.8 Å². The van der Waals surface area contributed by atoms with E-state index in [0.717, 1.165) is 0 Å². The van der Waals surface area contributed by atoms with Gasteiger partial charge in [-0.15, -0.1) is 0 Å². The Morgan fingerprint density at radius 2 is 2.06 bits per heavy atom. The molecule has 0 aliphatic rings. The fourth-order valence-corrected chi connectivity index (χ4v) is 1.13. The standard InChI is InChI=1S/C10H11ClN2O3/c11-7-3-1-2-4-8(7)16-6-10(15)13-5-9(12)14/h1-4H,5-6H2,(H2,12,14)(H,13,15). The summed E-state index contributed by atoms with van der Waals surface area (Å²) in [6.07, 6.45) is 0. The van der Waals surface area contributed by atoms with Crippen LogP contribution in [0, 0.1) is 0 Å². The molecule has 0 saturated carbocycles. The number of primary amides is 1. The Morgan fingerprint density at radius 1 is 1.38 bits per heavy atom. The Bertz CT molecular complexity index is 395. The molecule has 0 aliphatic heterocycles. The molecule has 16 heavy (non-hydrogen) atoms. The molecule has 0 heterocycles. The first-order chi connectivity index (χ1) is 7.59. The summed E-state index contributed by atoms with van der Waals surface area (Å²) < 4.78 is 5.13. The summed E-state index contributed by atoms with van der Waals surface area (Å²) in [5, 5.41) is 2.71. The molecule has 0 aliphatic carbocycles. The van der Waals surface area contributed by atoms with E-state index in [2.05, 4.69) is 5.32 Å². The first kappa shape index (κ1) is 12.3. The van der Waals surface area contributed by atoms with Crippen LogP contribution in [-0.2, 0) is 9.59 Å². The van der Waals surface area contributed by atoms with Crippen LogP contribution in [0.15, 0.2) is 24.3 Å². The van der Waals surface area contributed by atoms with Crippen molar-refractivity contribution in [2.45, 2.75) is 0 Å². The average molecular weight is 243 g/mol. The molecule has 0 aromatic heterocycles. The predicted molar refractivity (Wildman–Crippen MR) is 59.2 cm³/mol. The number of rotatable bonds is 5. The largest absolute Gasteiger partial charge is 0.482 e. The summed E-state index contributed by atoms with van der Waals surface area (Å²) in [6.45, 7) is -0.415. The summed E-state index contributed by atoms with van der Waals surface area (Å²) in [5.41, 5.74) is 4.86. The molecule has 5 nitrogen and oxygen atoms in total. The van der Waals surface area contributed by atoms with Gasteiger partial charge in [0.2, 0.25) is 5.91 Å². The minimum atomic E-state index is -0.605. The number of benzene rings is 1. The molecule has 0 fully saturated rings. The van der Waals surface area contributed by atoms with E-state index in [1.165, 1.54) is 0 Å². The van der Waals surface area contributed by atoms with Gasteiger partial charge in [0.15, 0.2) is 6.61 Å². The maximum absolute atomic E-state index is 11.1. The summed E-state index contributed by atoms with van der Waals surface area (Å²) in [5.74, 6) is -0.622. The molecule has 0 atom stereocenters. The quantitative estimate of drug-likeness (QED) is 0.780. The minimum Gasteiger partial charge on any atom is -0.482 e. The van der Waals surface area contributed by atoms with Crippen molar-refractivity contribution in [2.24, 2.45) is 5.73 Å². The van der Waals surface area contributed by atoms with Gasteiger partial charge in [-0.25, -0.2) is 0 Å². The molecule has 0 unspecified atom stereocenters. The van der Waals surface area contributed by atoms with Crippen LogP contribution in [0.4, 0.5) is 0 Å². The molecule has 2 amide bonds. The highest BCUT2D eigenvalue weighted by Gasteiger charge is 2.05. The number of nitrogens with two attached hydrogens (primary N) is 1. The molecule has 86 valence electrons. The smallest absolute Gasteiger partial charge is 0.258 e. The molecule has 0 radical (unpaired) electrons. The molecule has 1 rings (SSSR count). The molecule has 0 bridgehead atoms. The van der Waals surface area contributed by atoms with E-state index in [0.29, 0.717) is 10.8 Å². The van der Waals surface area contributed by atoms with Crippen LogP contribution in [0.5, 0.6) is 5.75 Å². The molecule has 3 N–H and O–H groups in total. The van der Waals surface area contributed by atoms with Crippen molar-refractivity contribution in [1.29, 1.82) is 0 Å². The third-order valence-electron chi connectivity index (χ3n) is 1.66. The highest BCUT2D eigenvalue weighted by molar-refractivity contribution is 6.32.